The van der Waals surface area contributed by atoms with Crippen LogP contribution in [0.4, 0.5) is 0 Å². The molecule has 0 amide bonds. The van der Waals surface area contributed by atoms with Crippen molar-refractivity contribution in [1.29, 1.82) is 0 Å². The second-order valence-electron chi connectivity index (χ2n) is 7.00. The maximum Gasteiger partial charge on any atom is 0.328 e. The summed E-state index contributed by atoms with van der Waals surface area (Å²) in [4.78, 5) is 19.1. The number of hydrogen-bond acceptors (Lipinski definition) is 3. The summed E-state index contributed by atoms with van der Waals surface area (Å²) in [5.74, 6) is -1.81. The lowest BCUT2D eigenvalue weighted by atomic mass is 9.63. The van der Waals surface area contributed by atoms with Crippen LogP contribution in [0.2, 0.25) is 0 Å². The Balaban J connectivity index is 0.000000300. The molecule has 0 radical (unpaired) electrons. The highest BCUT2D eigenvalue weighted by molar-refractivity contribution is 5.89. The van der Waals surface area contributed by atoms with E-state index in [-0.39, 0.29) is 5.41 Å². The van der Waals surface area contributed by atoms with Gasteiger partial charge in [-0.05, 0) is 49.3 Å². The quantitative estimate of drug-likeness (QED) is 0.683. The molecule has 5 heteroatoms. The molecule has 2 aromatic carbocycles. The number of nitrogens with two attached hydrogens (primary N) is 1. The minimum atomic E-state index is -1.26. The van der Waals surface area contributed by atoms with Crippen LogP contribution in [0, 0.1) is 5.92 Å². The van der Waals surface area contributed by atoms with Crippen molar-refractivity contribution in [3.8, 4) is 0 Å². The van der Waals surface area contributed by atoms with Crippen molar-refractivity contribution in [3.05, 3.63) is 83.9 Å². The SMILES string of the molecule is NCC1CCC(c2ccccc2)(c2ccccc2)CC1.O=C(O)/C=C\C(=O)O. The maximum absolute atomic E-state index is 9.55. The maximum atomic E-state index is 9.55. The Morgan fingerprint density at radius 3 is 1.57 bits per heavy atom. The molecule has 1 aliphatic carbocycles. The number of carboxylic acids is 2. The Morgan fingerprint density at radius 1 is 0.857 bits per heavy atom. The molecule has 3 rings (SSSR count). The van der Waals surface area contributed by atoms with Crippen LogP contribution in [-0.4, -0.2) is 28.7 Å². The molecule has 2 aromatic rings. The summed E-state index contributed by atoms with van der Waals surface area (Å²) in [7, 11) is 0. The van der Waals surface area contributed by atoms with Gasteiger partial charge in [-0.25, -0.2) is 9.59 Å². The smallest absolute Gasteiger partial charge is 0.328 e. The van der Waals surface area contributed by atoms with Crippen LogP contribution in [-0.2, 0) is 15.0 Å². The van der Waals surface area contributed by atoms with Gasteiger partial charge in [-0.2, -0.15) is 0 Å². The first kappa shape index (κ1) is 21.4. The van der Waals surface area contributed by atoms with E-state index in [1.54, 1.807) is 0 Å². The van der Waals surface area contributed by atoms with Crippen LogP contribution >= 0.6 is 0 Å². The van der Waals surface area contributed by atoms with Gasteiger partial charge in [0.05, 0.1) is 0 Å². The molecular weight excluding hydrogens is 354 g/mol. The Kier molecular flexibility index (Phi) is 7.96. The number of carbonyl (C=O) groups is 2. The van der Waals surface area contributed by atoms with Crippen molar-refractivity contribution in [2.45, 2.75) is 31.1 Å². The molecule has 1 aliphatic rings. The van der Waals surface area contributed by atoms with Gasteiger partial charge in [0.1, 0.15) is 0 Å². The summed E-state index contributed by atoms with van der Waals surface area (Å²) in [6, 6.07) is 22.0. The summed E-state index contributed by atoms with van der Waals surface area (Å²) in [6.07, 6.45) is 6.01. The number of aliphatic carboxylic acids is 2. The number of benzene rings is 2. The fourth-order valence-electron chi connectivity index (χ4n) is 3.81. The van der Waals surface area contributed by atoms with Crippen molar-refractivity contribution < 1.29 is 19.8 Å². The Morgan fingerprint density at radius 2 is 1.25 bits per heavy atom. The summed E-state index contributed by atoms with van der Waals surface area (Å²) in [5, 5.41) is 15.6. The molecule has 0 atom stereocenters. The minimum Gasteiger partial charge on any atom is -0.478 e. The average Bonchev–Trinajstić information content (AvgIpc) is 2.74. The molecule has 0 unspecified atom stereocenters. The van der Waals surface area contributed by atoms with Gasteiger partial charge in [0, 0.05) is 17.6 Å². The van der Waals surface area contributed by atoms with Gasteiger partial charge in [-0.3, -0.25) is 0 Å². The number of carboxylic acid groups (broad SMARTS) is 2. The molecule has 0 aromatic heterocycles. The summed E-state index contributed by atoms with van der Waals surface area (Å²) in [6.45, 7) is 0.833. The number of hydrogen-bond donors (Lipinski definition) is 3. The van der Waals surface area contributed by atoms with Crippen molar-refractivity contribution in [3.63, 3.8) is 0 Å². The lowest BCUT2D eigenvalue weighted by molar-refractivity contribution is -0.134. The molecular formula is C23H27NO4. The van der Waals surface area contributed by atoms with Crippen LogP contribution in [0.1, 0.15) is 36.8 Å². The topological polar surface area (TPSA) is 101 Å². The number of rotatable bonds is 5. The zero-order valence-corrected chi connectivity index (χ0v) is 15.8. The zero-order chi connectivity index (χ0) is 20.4. The fourth-order valence-corrected chi connectivity index (χ4v) is 3.81. The van der Waals surface area contributed by atoms with Crippen LogP contribution in [0.15, 0.2) is 72.8 Å². The zero-order valence-electron chi connectivity index (χ0n) is 15.8. The van der Waals surface area contributed by atoms with Gasteiger partial charge in [0.2, 0.25) is 0 Å². The van der Waals surface area contributed by atoms with E-state index in [4.69, 9.17) is 15.9 Å². The average molecular weight is 381 g/mol. The van der Waals surface area contributed by atoms with Crippen LogP contribution in [0.5, 0.6) is 0 Å². The van der Waals surface area contributed by atoms with Gasteiger partial charge >= 0.3 is 11.9 Å². The third-order valence-electron chi connectivity index (χ3n) is 5.31. The van der Waals surface area contributed by atoms with Crippen molar-refractivity contribution >= 4 is 11.9 Å². The van der Waals surface area contributed by atoms with Crippen LogP contribution in [0.3, 0.4) is 0 Å². The van der Waals surface area contributed by atoms with Gasteiger partial charge in [-0.15, -0.1) is 0 Å². The molecule has 0 aliphatic heterocycles. The van der Waals surface area contributed by atoms with Crippen LogP contribution < -0.4 is 5.73 Å². The van der Waals surface area contributed by atoms with Gasteiger partial charge in [-0.1, -0.05) is 60.7 Å². The van der Waals surface area contributed by atoms with Gasteiger partial charge < -0.3 is 15.9 Å². The molecule has 28 heavy (non-hydrogen) atoms. The largest absolute Gasteiger partial charge is 0.478 e. The van der Waals surface area contributed by atoms with E-state index in [1.807, 2.05) is 0 Å². The van der Waals surface area contributed by atoms with E-state index in [0.717, 1.165) is 6.54 Å². The molecule has 0 heterocycles. The third-order valence-corrected chi connectivity index (χ3v) is 5.31. The molecule has 4 N–H and O–H groups in total. The van der Waals surface area contributed by atoms with E-state index >= 15 is 0 Å². The van der Waals surface area contributed by atoms with Gasteiger partial charge in [0.15, 0.2) is 0 Å². The van der Waals surface area contributed by atoms with Crippen LogP contribution in [0.25, 0.3) is 0 Å². The van der Waals surface area contributed by atoms with Gasteiger partial charge in [0.25, 0.3) is 0 Å². The molecule has 1 fully saturated rings. The lowest BCUT2D eigenvalue weighted by Gasteiger charge is -2.41. The van der Waals surface area contributed by atoms with E-state index in [2.05, 4.69) is 60.7 Å². The van der Waals surface area contributed by atoms with E-state index in [1.165, 1.54) is 36.8 Å². The molecule has 0 bridgehead atoms. The summed E-state index contributed by atoms with van der Waals surface area (Å²) in [5.41, 5.74) is 8.98. The van der Waals surface area contributed by atoms with Crippen molar-refractivity contribution in [1.82, 2.24) is 0 Å². The molecule has 1 saturated carbocycles. The Bertz CT molecular complexity index is 721. The second-order valence-corrected chi connectivity index (χ2v) is 7.00. The fraction of sp³-hybridized carbons (Fsp3) is 0.304. The van der Waals surface area contributed by atoms with Crippen molar-refractivity contribution in [2.24, 2.45) is 11.7 Å². The highest BCUT2D eigenvalue weighted by Gasteiger charge is 2.37. The second kappa shape index (κ2) is 10.4. The monoisotopic (exact) mass is 381 g/mol. The normalized spacial score (nSPS) is 16.2. The summed E-state index contributed by atoms with van der Waals surface area (Å²) >= 11 is 0. The minimum absolute atomic E-state index is 0.189. The van der Waals surface area contributed by atoms with E-state index in [0.29, 0.717) is 18.1 Å². The molecule has 0 saturated heterocycles. The predicted molar refractivity (Wildman–Crippen MR) is 109 cm³/mol. The molecule has 0 spiro atoms. The first-order chi connectivity index (χ1) is 13.5. The molecule has 148 valence electrons. The summed E-state index contributed by atoms with van der Waals surface area (Å²) < 4.78 is 0. The third kappa shape index (κ3) is 5.79. The standard InChI is InChI=1S/C19H23N.C4H4O4/c20-15-16-11-13-19(14-12-16,17-7-3-1-4-8-17)18-9-5-2-6-10-18;5-3(6)1-2-4(7)8/h1-10,16H,11-15,20H2;1-2H,(H,5,6)(H,7,8)/b;2-1-. The Labute approximate surface area is 165 Å². The first-order valence-corrected chi connectivity index (χ1v) is 9.43. The van der Waals surface area contributed by atoms with E-state index < -0.39 is 11.9 Å². The molecule has 5 nitrogen and oxygen atoms in total. The predicted octanol–water partition coefficient (Wildman–Crippen LogP) is 3.83. The highest BCUT2D eigenvalue weighted by Crippen LogP contribution is 2.46. The Hall–Kier alpha value is -2.92. The highest BCUT2D eigenvalue weighted by atomic mass is 16.4. The van der Waals surface area contributed by atoms with E-state index in [9.17, 15) is 9.59 Å². The van der Waals surface area contributed by atoms with Crippen molar-refractivity contribution in [2.75, 3.05) is 6.54 Å². The lowest BCUT2D eigenvalue weighted by Crippen LogP contribution is -2.34. The first-order valence-electron chi connectivity index (χ1n) is 9.43.